The number of fused-ring (bicyclic) bond motifs is 1. The molecule has 0 aliphatic heterocycles. The largest absolute Gasteiger partial charge is 0.507 e. The Morgan fingerprint density at radius 2 is 1.76 bits per heavy atom. The zero-order valence-electron chi connectivity index (χ0n) is 11.5. The standard InChI is InChI=1S/C18H13NOS/c1-12-10-14(7-6-13(12)11-19)21-18-9-8-17(20)15-4-2-3-5-16(15)18/h2-10,20H,1H3. The molecule has 3 aromatic rings. The smallest absolute Gasteiger partial charge is 0.123 e. The van der Waals surface area contributed by atoms with Crippen molar-refractivity contribution >= 4 is 22.5 Å². The van der Waals surface area contributed by atoms with Gasteiger partial charge in [-0.2, -0.15) is 5.26 Å². The van der Waals surface area contributed by atoms with Crippen LogP contribution in [0.1, 0.15) is 11.1 Å². The molecule has 0 unspecified atom stereocenters. The molecule has 0 fully saturated rings. The van der Waals surface area contributed by atoms with Crippen molar-refractivity contribution in [3.05, 3.63) is 65.7 Å². The van der Waals surface area contributed by atoms with Crippen molar-refractivity contribution in [2.24, 2.45) is 0 Å². The third-order valence-corrected chi connectivity index (χ3v) is 4.47. The van der Waals surface area contributed by atoms with Crippen LogP contribution in [0, 0.1) is 18.3 Å². The average molecular weight is 291 g/mol. The third-order valence-electron chi connectivity index (χ3n) is 3.41. The lowest BCUT2D eigenvalue weighted by Gasteiger charge is -2.08. The molecule has 0 saturated carbocycles. The molecule has 0 atom stereocenters. The summed E-state index contributed by atoms with van der Waals surface area (Å²) >= 11 is 1.64. The van der Waals surface area contributed by atoms with E-state index in [4.69, 9.17) is 5.26 Å². The molecular formula is C18H13NOS. The van der Waals surface area contributed by atoms with Crippen LogP contribution in [0.2, 0.25) is 0 Å². The lowest BCUT2D eigenvalue weighted by atomic mass is 10.1. The minimum atomic E-state index is 0.297. The van der Waals surface area contributed by atoms with E-state index in [-0.39, 0.29) is 0 Å². The van der Waals surface area contributed by atoms with Gasteiger partial charge in [0.05, 0.1) is 11.6 Å². The van der Waals surface area contributed by atoms with Crippen LogP contribution in [0.15, 0.2) is 64.4 Å². The summed E-state index contributed by atoms with van der Waals surface area (Å²) in [5, 5.41) is 20.8. The van der Waals surface area contributed by atoms with Crippen molar-refractivity contribution in [2.45, 2.75) is 16.7 Å². The van der Waals surface area contributed by atoms with Crippen molar-refractivity contribution in [3.8, 4) is 11.8 Å². The molecule has 0 amide bonds. The number of hydrogen-bond donors (Lipinski definition) is 1. The van der Waals surface area contributed by atoms with E-state index in [9.17, 15) is 5.11 Å². The number of benzene rings is 3. The van der Waals surface area contributed by atoms with Gasteiger partial charge in [-0.25, -0.2) is 0 Å². The van der Waals surface area contributed by atoms with E-state index in [0.717, 1.165) is 26.1 Å². The maximum atomic E-state index is 9.93. The maximum absolute atomic E-state index is 9.93. The zero-order chi connectivity index (χ0) is 14.8. The van der Waals surface area contributed by atoms with E-state index in [1.165, 1.54) is 0 Å². The summed E-state index contributed by atoms with van der Waals surface area (Å²) in [6, 6.07) is 19.5. The van der Waals surface area contributed by atoms with Gasteiger partial charge in [-0.05, 0) is 48.2 Å². The normalized spacial score (nSPS) is 10.5. The molecule has 2 nitrogen and oxygen atoms in total. The number of rotatable bonds is 2. The van der Waals surface area contributed by atoms with Gasteiger partial charge < -0.3 is 5.11 Å². The Morgan fingerprint density at radius 3 is 2.48 bits per heavy atom. The minimum Gasteiger partial charge on any atom is -0.507 e. The van der Waals surface area contributed by atoms with Crippen LogP contribution in [0.25, 0.3) is 10.8 Å². The van der Waals surface area contributed by atoms with Crippen LogP contribution >= 0.6 is 11.8 Å². The number of aromatic hydroxyl groups is 1. The number of phenols is 1. The second kappa shape index (κ2) is 5.51. The minimum absolute atomic E-state index is 0.297. The van der Waals surface area contributed by atoms with Gasteiger partial charge >= 0.3 is 0 Å². The molecule has 0 aromatic heterocycles. The molecule has 0 aliphatic carbocycles. The Balaban J connectivity index is 2.05. The highest BCUT2D eigenvalue weighted by Gasteiger charge is 2.07. The highest BCUT2D eigenvalue weighted by Crippen LogP contribution is 2.37. The van der Waals surface area contributed by atoms with Gasteiger partial charge in [0.1, 0.15) is 5.75 Å². The van der Waals surface area contributed by atoms with Crippen LogP contribution in [-0.4, -0.2) is 5.11 Å². The van der Waals surface area contributed by atoms with Crippen molar-refractivity contribution in [1.82, 2.24) is 0 Å². The summed E-state index contributed by atoms with van der Waals surface area (Å²) in [6.45, 7) is 1.94. The van der Waals surface area contributed by atoms with Crippen molar-refractivity contribution in [3.63, 3.8) is 0 Å². The number of aryl methyl sites for hydroxylation is 1. The summed E-state index contributed by atoms with van der Waals surface area (Å²) in [5.74, 6) is 0.297. The Morgan fingerprint density at radius 1 is 1.00 bits per heavy atom. The first kappa shape index (κ1) is 13.5. The molecule has 0 spiro atoms. The molecule has 0 saturated heterocycles. The van der Waals surface area contributed by atoms with E-state index >= 15 is 0 Å². The second-order valence-corrected chi connectivity index (χ2v) is 5.93. The lowest BCUT2D eigenvalue weighted by Crippen LogP contribution is -1.84. The summed E-state index contributed by atoms with van der Waals surface area (Å²) < 4.78 is 0. The zero-order valence-corrected chi connectivity index (χ0v) is 12.3. The molecule has 3 rings (SSSR count). The molecule has 0 bridgehead atoms. The number of nitriles is 1. The van der Waals surface area contributed by atoms with Crippen LogP contribution < -0.4 is 0 Å². The Hall–Kier alpha value is -2.44. The molecule has 0 heterocycles. The summed E-state index contributed by atoms with van der Waals surface area (Å²) in [6.07, 6.45) is 0. The van der Waals surface area contributed by atoms with Gasteiger partial charge in [-0.1, -0.05) is 36.0 Å². The van der Waals surface area contributed by atoms with Crippen LogP contribution in [0.3, 0.4) is 0 Å². The Kier molecular flexibility index (Phi) is 3.55. The molecule has 1 N–H and O–H groups in total. The first-order valence-electron chi connectivity index (χ1n) is 6.58. The van der Waals surface area contributed by atoms with Crippen molar-refractivity contribution in [2.75, 3.05) is 0 Å². The van der Waals surface area contributed by atoms with Gasteiger partial charge in [-0.15, -0.1) is 0 Å². The Bertz CT molecular complexity index is 865. The third kappa shape index (κ3) is 2.58. The monoisotopic (exact) mass is 291 g/mol. The SMILES string of the molecule is Cc1cc(Sc2ccc(O)c3ccccc23)ccc1C#N. The van der Waals surface area contributed by atoms with Crippen LogP contribution in [0.5, 0.6) is 5.75 Å². The highest BCUT2D eigenvalue weighted by molar-refractivity contribution is 7.99. The Labute approximate surface area is 127 Å². The first-order chi connectivity index (χ1) is 10.2. The summed E-state index contributed by atoms with van der Waals surface area (Å²) in [7, 11) is 0. The van der Waals surface area contributed by atoms with Gasteiger partial charge in [-0.3, -0.25) is 0 Å². The maximum Gasteiger partial charge on any atom is 0.123 e. The molecule has 21 heavy (non-hydrogen) atoms. The van der Waals surface area contributed by atoms with Gasteiger partial charge in [0.25, 0.3) is 0 Å². The van der Waals surface area contributed by atoms with Gasteiger partial charge in [0.15, 0.2) is 0 Å². The van der Waals surface area contributed by atoms with E-state index < -0.39 is 0 Å². The fourth-order valence-electron chi connectivity index (χ4n) is 2.30. The quantitative estimate of drug-likeness (QED) is 0.732. The van der Waals surface area contributed by atoms with Crippen molar-refractivity contribution in [1.29, 1.82) is 5.26 Å². The van der Waals surface area contributed by atoms with E-state index in [1.807, 2.05) is 55.5 Å². The van der Waals surface area contributed by atoms with E-state index in [2.05, 4.69) is 6.07 Å². The molecule has 3 aromatic carbocycles. The van der Waals surface area contributed by atoms with E-state index in [0.29, 0.717) is 11.3 Å². The van der Waals surface area contributed by atoms with E-state index in [1.54, 1.807) is 17.8 Å². The van der Waals surface area contributed by atoms with Crippen LogP contribution in [0.4, 0.5) is 0 Å². The average Bonchev–Trinajstić information content (AvgIpc) is 2.51. The molecular weight excluding hydrogens is 278 g/mol. The fraction of sp³-hybridized carbons (Fsp3) is 0.0556. The number of hydrogen-bond acceptors (Lipinski definition) is 3. The lowest BCUT2D eigenvalue weighted by molar-refractivity contribution is 0.481. The molecule has 102 valence electrons. The molecule has 3 heteroatoms. The summed E-state index contributed by atoms with van der Waals surface area (Å²) in [4.78, 5) is 2.18. The summed E-state index contributed by atoms with van der Waals surface area (Å²) in [5.41, 5.74) is 1.68. The second-order valence-electron chi connectivity index (χ2n) is 4.82. The van der Waals surface area contributed by atoms with Crippen LogP contribution in [-0.2, 0) is 0 Å². The number of nitrogens with zero attached hydrogens (tertiary/aromatic N) is 1. The predicted octanol–water partition coefficient (Wildman–Crippen LogP) is 4.88. The first-order valence-corrected chi connectivity index (χ1v) is 7.40. The topological polar surface area (TPSA) is 44.0 Å². The predicted molar refractivity (Wildman–Crippen MR) is 85.6 cm³/mol. The number of phenolic OH excluding ortho intramolecular Hbond substituents is 1. The molecule has 0 radical (unpaired) electrons. The van der Waals surface area contributed by atoms with Gasteiger partial charge in [0.2, 0.25) is 0 Å². The van der Waals surface area contributed by atoms with Gasteiger partial charge in [0, 0.05) is 15.2 Å². The van der Waals surface area contributed by atoms with Crippen molar-refractivity contribution < 1.29 is 5.11 Å². The highest BCUT2D eigenvalue weighted by atomic mass is 32.2. The molecule has 0 aliphatic rings. The fourth-order valence-corrected chi connectivity index (χ4v) is 3.35.